The molecule has 2 heterocycles. The van der Waals surface area contributed by atoms with E-state index in [0.717, 1.165) is 63.8 Å². The van der Waals surface area contributed by atoms with Crippen LogP contribution in [0.15, 0.2) is 24.3 Å². The summed E-state index contributed by atoms with van der Waals surface area (Å²) in [6, 6.07) is 8.16. The number of hydrogen-bond donors (Lipinski definition) is 0. The summed E-state index contributed by atoms with van der Waals surface area (Å²) in [5.74, 6) is 1.09. The maximum Gasteiger partial charge on any atom is 0.253 e. The smallest absolute Gasteiger partial charge is 0.253 e. The lowest BCUT2D eigenvalue weighted by Crippen LogP contribution is -2.38. The molecule has 0 atom stereocenters. The molecule has 0 N–H and O–H groups in total. The lowest BCUT2D eigenvalue weighted by atomic mass is 9.90. The second-order valence-corrected chi connectivity index (χ2v) is 7.08. The number of hydrogen-bond acceptors (Lipinski definition) is 2. The summed E-state index contributed by atoms with van der Waals surface area (Å²) in [6.07, 6.45) is 6.08. The quantitative estimate of drug-likeness (QED) is 0.852. The average Bonchev–Trinajstić information content (AvgIpc) is 3.16. The molecule has 1 aromatic rings. The van der Waals surface area contributed by atoms with Crippen LogP contribution < -0.4 is 0 Å². The SMILES string of the molecule is CCC(=O)N1CCC(Cc2ccc(C(=O)N3CCCC3)cc2)CC1. The standard InChI is InChI=1S/C20H28N2O2/c1-2-19(23)21-13-9-17(10-14-21)15-16-5-7-18(8-6-16)20(24)22-11-3-4-12-22/h5-8,17H,2-4,9-15H2,1H3. The summed E-state index contributed by atoms with van der Waals surface area (Å²) in [5, 5.41) is 0. The fourth-order valence-electron chi connectivity index (χ4n) is 3.83. The van der Waals surface area contributed by atoms with Crippen molar-refractivity contribution in [1.29, 1.82) is 0 Å². The molecule has 130 valence electrons. The van der Waals surface area contributed by atoms with Gasteiger partial charge in [-0.2, -0.15) is 0 Å². The van der Waals surface area contributed by atoms with Crippen LogP contribution in [0.2, 0.25) is 0 Å². The molecule has 2 aliphatic rings. The minimum atomic E-state index is 0.172. The molecule has 4 nitrogen and oxygen atoms in total. The maximum absolute atomic E-state index is 12.4. The van der Waals surface area contributed by atoms with Gasteiger partial charge in [0.2, 0.25) is 5.91 Å². The van der Waals surface area contributed by atoms with Gasteiger partial charge < -0.3 is 9.80 Å². The molecule has 0 aromatic heterocycles. The predicted molar refractivity (Wildman–Crippen MR) is 94.9 cm³/mol. The van der Waals surface area contributed by atoms with Gasteiger partial charge in [0.15, 0.2) is 0 Å². The van der Waals surface area contributed by atoms with E-state index < -0.39 is 0 Å². The number of nitrogens with zero attached hydrogens (tertiary/aromatic N) is 2. The van der Waals surface area contributed by atoms with Crippen LogP contribution in [0.4, 0.5) is 0 Å². The first kappa shape index (κ1) is 17.0. The van der Waals surface area contributed by atoms with E-state index in [4.69, 9.17) is 0 Å². The van der Waals surface area contributed by atoms with Gasteiger partial charge in [0.05, 0.1) is 0 Å². The zero-order valence-corrected chi connectivity index (χ0v) is 14.7. The van der Waals surface area contributed by atoms with Gasteiger partial charge >= 0.3 is 0 Å². The van der Waals surface area contributed by atoms with E-state index in [0.29, 0.717) is 12.3 Å². The third-order valence-electron chi connectivity index (χ3n) is 5.39. The van der Waals surface area contributed by atoms with E-state index in [1.165, 1.54) is 5.56 Å². The van der Waals surface area contributed by atoms with Gasteiger partial charge in [-0.05, 0) is 55.7 Å². The van der Waals surface area contributed by atoms with Crippen molar-refractivity contribution in [1.82, 2.24) is 9.80 Å². The van der Waals surface area contributed by atoms with Gasteiger partial charge in [-0.1, -0.05) is 19.1 Å². The Labute approximate surface area is 144 Å². The Morgan fingerprint density at radius 3 is 2.17 bits per heavy atom. The number of carbonyl (C=O) groups excluding carboxylic acids is 2. The van der Waals surface area contributed by atoms with E-state index in [1.807, 2.05) is 28.9 Å². The van der Waals surface area contributed by atoms with Crippen molar-refractivity contribution in [2.75, 3.05) is 26.2 Å². The summed E-state index contributed by atoms with van der Waals surface area (Å²) >= 11 is 0. The molecule has 4 heteroatoms. The Hall–Kier alpha value is -1.84. The minimum absolute atomic E-state index is 0.172. The molecule has 2 fully saturated rings. The van der Waals surface area contributed by atoms with Crippen LogP contribution in [-0.2, 0) is 11.2 Å². The Balaban J connectivity index is 1.51. The Morgan fingerprint density at radius 1 is 0.958 bits per heavy atom. The van der Waals surface area contributed by atoms with Crippen molar-refractivity contribution in [3.63, 3.8) is 0 Å². The fraction of sp³-hybridized carbons (Fsp3) is 0.600. The summed E-state index contributed by atoms with van der Waals surface area (Å²) in [7, 11) is 0. The van der Waals surface area contributed by atoms with Crippen LogP contribution >= 0.6 is 0 Å². The Kier molecular flexibility index (Phi) is 5.54. The van der Waals surface area contributed by atoms with Crippen LogP contribution in [0.25, 0.3) is 0 Å². The molecule has 2 aliphatic heterocycles. The first-order valence-electron chi connectivity index (χ1n) is 9.33. The molecule has 0 radical (unpaired) electrons. The number of benzene rings is 1. The normalized spacial score (nSPS) is 18.9. The molecule has 0 saturated carbocycles. The van der Waals surface area contributed by atoms with E-state index in [2.05, 4.69) is 12.1 Å². The maximum atomic E-state index is 12.4. The topological polar surface area (TPSA) is 40.6 Å². The largest absolute Gasteiger partial charge is 0.343 e. The van der Waals surface area contributed by atoms with E-state index in [9.17, 15) is 9.59 Å². The highest BCUT2D eigenvalue weighted by Gasteiger charge is 2.22. The van der Waals surface area contributed by atoms with Crippen molar-refractivity contribution in [3.8, 4) is 0 Å². The Morgan fingerprint density at radius 2 is 1.58 bits per heavy atom. The van der Waals surface area contributed by atoms with E-state index in [-0.39, 0.29) is 11.8 Å². The van der Waals surface area contributed by atoms with E-state index >= 15 is 0 Å². The van der Waals surface area contributed by atoms with Crippen molar-refractivity contribution in [3.05, 3.63) is 35.4 Å². The van der Waals surface area contributed by atoms with Crippen molar-refractivity contribution in [2.24, 2.45) is 5.92 Å². The third-order valence-corrected chi connectivity index (χ3v) is 5.39. The second kappa shape index (κ2) is 7.82. The molecule has 3 rings (SSSR count). The summed E-state index contributed by atoms with van der Waals surface area (Å²) in [5.41, 5.74) is 2.11. The molecular weight excluding hydrogens is 300 g/mol. The van der Waals surface area contributed by atoms with Crippen LogP contribution in [0.1, 0.15) is 54.9 Å². The average molecular weight is 328 g/mol. The predicted octanol–water partition coefficient (Wildman–Crippen LogP) is 3.11. The lowest BCUT2D eigenvalue weighted by molar-refractivity contribution is -0.132. The summed E-state index contributed by atoms with van der Waals surface area (Å²) in [4.78, 5) is 28.0. The minimum Gasteiger partial charge on any atom is -0.343 e. The number of rotatable bonds is 4. The molecule has 2 amide bonds. The highest BCUT2D eigenvalue weighted by atomic mass is 16.2. The molecule has 0 bridgehead atoms. The van der Waals surface area contributed by atoms with E-state index in [1.54, 1.807) is 0 Å². The molecular formula is C20H28N2O2. The number of likely N-dealkylation sites (tertiary alicyclic amines) is 2. The first-order chi connectivity index (χ1) is 11.7. The molecule has 0 aliphatic carbocycles. The molecule has 0 spiro atoms. The van der Waals surface area contributed by atoms with Crippen molar-refractivity contribution in [2.45, 2.75) is 45.4 Å². The number of piperidine rings is 1. The van der Waals surface area contributed by atoms with Crippen LogP contribution in [0.5, 0.6) is 0 Å². The second-order valence-electron chi connectivity index (χ2n) is 7.08. The molecule has 1 aromatic carbocycles. The van der Waals surface area contributed by atoms with Crippen molar-refractivity contribution < 1.29 is 9.59 Å². The lowest BCUT2D eigenvalue weighted by Gasteiger charge is -2.32. The zero-order valence-electron chi connectivity index (χ0n) is 14.7. The molecule has 0 unspecified atom stereocenters. The van der Waals surface area contributed by atoms with Gasteiger partial charge in [0, 0.05) is 38.2 Å². The van der Waals surface area contributed by atoms with Gasteiger partial charge in [-0.3, -0.25) is 9.59 Å². The first-order valence-corrected chi connectivity index (χ1v) is 9.33. The summed E-state index contributed by atoms with van der Waals surface area (Å²) < 4.78 is 0. The molecule has 2 saturated heterocycles. The van der Waals surface area contributed by atoms with Crippen LogP contribution in [-0.4, -0.2) is 47.8 Å². The van der Waals surface area contributed by atoms with Gasteiger partial charge in [0.1, 0.15) is 0 Å². The fourth-order valence-corrected chi connectivity index (χ4v) is 3.83. The molecule has 24 heavy (non-hydrogen) atoms. The van der Waals surface area contributed by atoms with Gasteiger partial charge in [-0.25, -0.2) is 0 Å². The number of carbonyl (C=O) groups is 2. The van der Waals surface area contributed by atoms with Crippen molar-refractivity contribution >= 4 is 11.8 Å². The number of amides is 2. The van der Waals surface area contributed by atoms with Crippen LogP contribution in [0, 0.1) is 5.92 Å². The third kappa shape index (κ3) is 3.97. The van der Waals surface area contributed by atoms with Crippen LogP contribution in [0.3, 0.4) is 0 Å². The zero-order chi connectivity index (χ0) is 16.9. The summed E-state index contributed by atoms with van der Waals surface area (Å²) in [6.45, 7) is 5.51. The monoisotopic (exact) mass is 328 g/mol. The highest BCUT2D eigenvalue weighted by molar-refractivity contribution is 5.94. The van der Waals surface area contributed by atoms with Gasteiger partial charge in [0.25, 0.3) is 5.91 Å². The highest BCUT2D eigenvalue weighted by Crippen LogP contribution is 2.23. The van der Waals surface area contributed by atoms with Gasteiger partial charge in [-0.15, -0.1) is 0 Å². The Bertz CT molecular complexity index is 568.